The second-order valence-corrected chi connectivity index (χ2v) is 8.08. The lowest BCUT2D eigenvalue weighted by Crippen LogP contribution is -2.50. The van der Waals surface area contributed by atoms with E-state index in [4.69, 9.17) is 15.5 Å². The lowest BCUT2D eigenvalue weighted by Gasteiger charge is -2.45. The predicted octanol–water partition coefficient (Wildman–Crippen LogP) is 1.34. The van der Waals surface area contributed by atoms with Gasteiger partial charge in [0.2, 0.25) is 0 Å². The second kappa shape index (κ2) is 7.72. The molecule has 1 amide bonds. The number of carbonyl (C=O) groups is 1. The number of methoxy groups -OCH3 is 1. The largest absolute Gasteiger partial charge is 0.382 e. The molecule has 1 aliphatic carbocycles. The molecule has 0 spiro atoms. The summed E-state index contributed by atoms with van der Waals surface area (Å²) in [7, 11) is 3.21. The molecule has 0 aliphatic heterocycles. The molecule has 0 unspecified atom stereocenters. The number of nitriles is 1. The van der Waals surface area contributed by atoms with Gasteiger partial charge in [-0.05, 0) is 25.0 Å². The summed E-state index contributed by atoms with van der Waals surface area (Å²) < 4.78 is 8.88. The summed E-state index contributed by atoms with van der Waals surface area (Å²) in [6, 6.07) is 5.71. The maximum absolute atomic E-state index is 11.9. The van der Waals surface area contributed by atoms with E-state index in [1.54, 1.807) is 41.8 Å². The molecule has 5 rings (SSSR count). The molecule has 1 aliphatic rings. The van der Waals surface area contributed by atoms with E-state index in [1.807, 2.05) is 12.3 Å². The number of hydrogen-bond acceptors (Lipinski definition) is 8. The lowest BCUT2D eigenvalue weighted by atomic mass is 9.72. The van der Waals surface area contributed by atoms with Gasteiger partial charge in [-0.3, -0.25) is 14.6 Å². The first-order valence-electron chi connectivity index (χ1n) is 10.4. The zero-order valence-electron chi connectivity index (χ0n) is 18.1. The third-order valence-electron chi connectivity index (χ3n) is 6.14. The number of aromatic nitrogens is 7. The number of nitrogens with zero attached hydrogens (tertiary/aromatic N) is 7. The predicted molar refractivity (Wildman–Crippen MR) is 118 cm³/mol. The third-order valence-corrected chi connectivity index (χ3v) is 6.14. The highest BCUT2D eigenvalue weighted by atomic mass is 16.5. The molecule has 0 bridgehead atoms. The number of nitrogens with one attached hydrogen (secondary N) is 2. The van der Waals surface area contributed by atoms with Gasteiger partial charge in [-0.2, -0.15) is 20.6 Å². The molecule has 12 heteroatoms. The van der Waals surface area contributed by atoms with Gasteiger partial charge in [0.15, 0.2) is 5.82 Å². The summed E-state index contributed by atoms with van der Waals surface area (Å²) in [6.45, 7) is 0. The summed E-state index contributed by atoms with van der Waals surface area (Å²) >= 11 is 0. The van der Waals surface area contributed by atoms with Crippen LogP contribution in [-0.2, 0) is 10.3 Å². The van der Waals surface area contributed by atoms with Crippen molar-refractivity contribution in [1.29, 1.82) is 5.26 Å². The molecule has 0 saturated heterocycles. The van der Waals surface area contributed by atoms with Crippen LogP contribution >= 0.6 is 0 Å². The number of ether oxygens (including phenoxy) is 1. The molecule has 0 atom stereocenters. The number of carbonyl (C=O) groups excluding carboxylic acids is 1. The van der Waals surface area contributed by atoms with E-state index in [-0.39, 0.29) is 12.0 Å². The number of nitrogens with two attached hydrogens (primary N) is 1. The fraction of sp³-hybridized carbons (Fsp3) is 0.333. The minimum atomic E-state index is -0.458. The molecular weight excluding hydrogens is 424 g/mol. The van der Waals surface area contributed by atoms with E-state index in [2.05, 4.69) is 31.8 Å². The van der Waals surface area contributed by atoms with Gasteiger partial charge in [0.25, 0.3) is 5.91 Å². The molecular formula is C21H22N10O2. The zero-order chi connectivity index (χ0) is 23.2. The highest BCUT2D eigenvalue weighted by molar-refractivity contribution is 5.93. The summed E-state index contributed by atoms with van der Waals surface area (Å²) in [5, 5.41) is 27.8. The Hall–Kier alpha value is -4.24. The summed E-state index contributed by atoms with van der Waals surface area (Å²) in [5.41, 5.74) is 9.13. The number of anilines is 1. The summed E-state index contributed by atoms with van der Waals surface area (Å²) in [6.07, 6.45) is 6.99. The Bertz CT molecular complexity index is 1390. The first-order valence-corrected chi connectivity index (χ1v) is 10.4. The van der Waals surface area contributed by atoms with Crippen LogP contribution < -0.4 is 11.1 Å². The van der Waals surface area contributed by atoms with Gasteiger partial charge < -0.3 is 15.8 Å². The number of hydrogen-bond donors (Lipinski definition) is 3. The molecule has 4 aromatic heterocycles. The van der Waals surface area contributed by atoms with E-state index in [9.17, 15) is 10.1 Å². The topological polar surface area (TPSA) is 165 Å². The smallest absolute Gasteiger partial charge is 0.269 e. The standard InChI is InChI=1S/C21H22N10O2/c1-24-20(32)15-7-14(27-28-15)16-11-30-17(3-6-25-30)18(26-16)13-10-31(29-19(13)23)21(4-5-22)8-12(9-21)33-2/h3,6-7,10-12H,4,8-9H2,1-2H3,(H2,23,29)(H,24,32)(H,27,28)/t12-,21-. The van der Waals surface area contributed by atoms with Crippen molar-refractivity contribution in [1.82, 2.24) is 39.9 Å². The van der Waals surface area contributed by atoms with Crippen molar-refractivity contribution >= 4 is 17.2 Å². The van der Waals surface area contributed by atoms with E-state index < -0.39 is 5.54 Å². The van der Waals surface area contributed by atoms with E-state index >= 15 is 0 Å². The van der Waals surface area contributed by atoms with E-state index in [0.29, 0.717) is 53.4 Å². The van der Waals surface area contributed by atoms with Gasteiger partial charge in [-0.15, -0.1) is 0 Å². The minimum Gasteiger partial charge on any atom is -0.382 e. The van der Waals surface area contributed by atoms with E-state index in [0.717, 1.165) is 5.52 Å². The van der Waals surface area contributed by atoms with Gasteiger partial charge >= 0.3 is 0 Å². The highest BCUT2D eigenvalue weighted by Gasteiger charge is 2.47. The molecule has 4 heterocycles. The Morgan fingerprint density at radius 2 is 2.24 bits per heavy atom. The van der Waals surface area contributed by atoms with Gasteiger partial charge in [-0.25, -0.2) is 9.50 Å². The number of nitrogen functional groups attached to an aromatic ring is 1. The fourth-order valence-corrected chi connectivity index (χ4v) is 4.28. The Kier molecular flexibility index (Phi) is 4.83. The van der Waals surface area contributed by atoms with Gasteiger partial charge in [0, 0.05) is 20.4 Å². The Morgan fingerprint density at radius 1 is 1.42 bits per heavy atom. The van der Waals surface area contributed by atoms with Crippen LogP contribution in [0.3, 0.4) is 0 Å². The molecule has 4 N–H and O–H groups in total. The van der Waals surface area contributed by atoms with Crippen molar-refractivity contribution in [2.24, 2.45) is 0 Å². The summed E-state index contributed by atoms with van der Waals surface area (Å²) in [4.78, 5) is 16.7. The number of rotatable bonds is 6. The third kappa shape index (κ3) is 3.30. The number of fused-ring (bicyclic) bond motifs is 1. The lowest BCUT2D eigenvalue weighted by molar-refractivity contribution is -0.0540. The number of amides is 1. The van der Waals surface area contributed by atoms with Crippen molar-refractivity contribution in [2.75, 3.05) is 19.9 Å². The minimum absolute atomic E-state index is 0.0874. The molecule has 33 heavy (non-hydrogen) atoms. The maximum atomic E-state index is 11.9. The van der Waals surface area contributed by atoms with Crippen molar-refractivity contribution < 1.29 is 9.53 Å². The molecule has 12 nitrogen and oxygen atoms in total. The number of H-pyrrole nitrogens is 1. The molecule has 4 aromatic rings. The van der Waals surface area contributed by atoms with Crippen molar-refractivity contribution in [3.63, 3.8) is 0 Å². The molecule has 1 saturated carbocycles. The van der Waals surface area contributed by atoms with Crippen LogP contribution in [0.25, 0.3) is 28.2 Å². The molecule has 0 aromatic carbocycles. The van der Waals surface area contributed by atoms with Crippen LogP contribution in [0.1, 0.15) is 29.8 Å². The van der Waals surface area contributed by atoms with Crippen LogP contribution in [0, 0.1) is 11.3 Å². The average molecular weight is 446 g/mol. The number of aromatic amines is 1. The van der Waals surface area contributed by atoms with Crippen LogP contribution in [0.2, 0.25) is 0 Å². The van der Waals surface area contributed by atoms with Gasteiger partial charge in [0.05, 0.1) is 47.6 Å². The first kappa shape index (κ1) is 20.7. The van der Waals surface area contributed by atoms with Crippen LogP contribution in [-0.4, -0.2) is 60.7 Å². The van der Waals surface area contributed by atoms with E-state index in [1.165, 1.54) is 0 Å². The van der Waals surface area contributed by atoms with Crippen molar-refractivity contribution in [2.45, 2.75) is 30.9 Å². The van der Waals surface area contributed by atoms with Crippen LogP contribution in [0.15, 0.2) is 30.7 Å². The molecule has 0 radical (unpaired) electrons. The first-order chi connectivity index (χ1) is 16.0. The highest BCUT2D eigenvalue weighted by Crippen LogP contribution is 2.44. The molecule has 1 fully saturated rings. The quantitative estimate of drug-likeness (QED) is 0.399. The van der Waals surface area contributed by atoms with Crippen molar-refractivity contribution in [3.8, 4) is 28.7 Å². The zero-order valence-corrected chi connectivity index (χ0v) is 18.1. The average Bonchev–Trinajstić information content (AvgIpc) is 3.54. The Morgan fingerprint density at radius 3 is 2.97 bits per heavy atom. The summed E-state index contributed by atoms with van der Waals surface area (Å²) in [5.74, 6) is 0.0197. The SMILES string of the molecule is CNC(=O)c1cc(-c2cn3nccc3c(-c3cn([C@]4(CC#N)C[C@@H](OC)C4)nc3N)n2)n[nH]1. The van der Waals surface area contributed by atoms with Gasteiger partial charge in [-0.1, -0.05) is 0 Å². The van der Waals surface area contributed by atoms with Crippen LogP contribution in [0.5, 0.6) is 0 Å². The van der Waals surface area contributed by atoms with Gasteiger partial charge in [0.1, 0.15) is 22.8 Å². The monoisotopic (exact) mass is 446 g/mol. The van der Waals surface area contributed by atoms with Crippen LogP contribution in [0.4, 0.5) is 5.82 Å². The molecule has 168 valence electrons. The van der Waals surface area contributed by atoms with Crippen molar-refractivity contribution in [3.05, 3.63) is 36.4 Å². The fourth-order valence-electron chi connectivity index (χ4n) is 4.28. The Balaban J connectivity index is 1.60. The Labute approximate surface area is 188 Å². The normalized spacial score (nSPS) is 19.8. The second-order valence-electron chi connectivity index (χ2n) is 8.08. The maximum Gasteiger partial charge on any atom is 0.269 e.